The SMILES string of the molecule is Nc1cccc2cc(C(=O)NCCO)[nH]c12. The number of hydrogen-bond donors (Lipinski definition) is 4. The number of aromatic nitrogens is 1. The number of fused-ring (bicyclic) bond motifs is 1. The molecule has 5 nitrogen and oxygen atoms in total. The van der Waals surface area contributed by atoms with Crippen molar-refractivity contribution >= 4 is 22.5 Å². The number of nitrogens with two attached hydrogens (primary N) is 1. The quantitative estimate of drug-likeness (QED) is 0.565. The van der Waals surface area contributed by atoms with Crippen molar-refractivity contribution in [2.75, 3.05) is 18.9 Å². The molecule has 5 N–H and O–H groups in total. The maximum atomic E-state index is 11.6. The Balaban J connectivity index is 2.32. The predicted octanol–water partition coefficient (Wildman–Crippen LogP) is 0.472. The summed E-state index contributed by atoms with van der Waals surface area (Å²) in [6.45, 7) is 0.164. The van der Waals surface area contributed by atoms with Gasteiger partial charge in [0.25, 0.3) is 5.91 Å². The van der Waals surface area contributed by atoms with Gasteiger partial charge in [-0.25, -0.2) is 0 Å². The zero-order chi connectivity index (χ0) is 11.5. The summed E-state index contributed by atoms with van der Waals surface area (Å²) in [6.07, 6.45) is 0. The molecule has 0 aliphatic carbocycles. The molecule has 2 aromatic rings. The lowest BCUT2D eigenvalue weighted by molar-refractivity contribution is 0.0940. The first-order chi connectivity index (χ1) is 7.72. The Morgan fingerprint density at radius 2 is 2.31 bits per heavy atom. The summed E-state index contributed by atoms with van der Waals surface area (Å²) >= 11 is 0. The van der Waals surface area contributed by atoms with Crippen LogP contribution in [0.1, 0.15) is 10.5 Å². The maximum Gasteiger partial charge on any atom is 0.267 e. The van der Waals surface area contributed by atoms with Gasteiger partial charge < -0.3 is 21.1 Å². The summed E-state index contributed by atoms with van der Waals surface area (Å²) in [4.78, 5) is 14.5. The van der Waals surface area contributed by atoms with Gasteiger partial charge >= 0.3 is 0 Å². The average molecular weight is 219 g/mol. The van der Waals surface area contributed by atoms with Crippen LogP contribution < -0.4 is 11.1 Å². The predicted molar refractivity (Wildman–Crippen MR) is 62.1 cm³/mol. The van der Waals surface area contributed by atoms with Crippen molar-refractivity contribution in [1.29, 1.82) is 0 Å². The molecule has 5 heteroatoms. The Hall–Kier alpha value is -2.01. The molecule has 0 atom stereocenters. The van der Waals surface area contributed by atoms with Gasteiger partial charge in [-0.2, -0.15) is 0 Å². The lowest BCUT2D eigenvalue weighted by atomic mass is 10.2. The minimum absolute atomic E-state index is 0.0753. The number of H-pyrrole nitrogens is 1. The lowest BCUT2D eigenvalue weighted by Crippen LogP contribution is -2.26. The van der Waals surface area contributed by atoms with E-state index in [0.717, 1.165) is 10.9 Å². The smallest absolute Gasteiger partial charge is 0.267 e. The van der Waals surface area contributed by atoms with E-state index in [2.05, 4.69) is 10.3 Å². The van der Waals surface area contributed by atoms with Crippen LogP contribution in [-0.2, 0) is 0 Å². The highest BCUT2D eigenvalue weighted by molar-refractivity contribution is 6.00. The summed E-state index contributed by atoms with van der Waals surface area (Å²) in [5, 5.41) is 12.1. The molecule has 16 heavy (non-hydrogen) atoms. The van der Waals surface area contributed by atoms with Crippen LogP contribution in [0, 0.1) is 0 Å². The van der Waals surface area contributed by atoms with Crippen LogP contribution in [0.5, 0.6) is 0 Å². The molecular formula is C11H13N3O2. The van der Waals surface area contributed by atoms with Gasteiger partial charge in [0, 0.05) is 11.9 Å². The van der Waals surface area contributed by atoms with Gasteiger partial charge in [-0.15, -0.1) is 0 Å². The van der Waals surface area contributed by atoms with E-state index in [1.807, 2.05) is 12.1 Å². The van der Waals surface area contributed by atoms with E-state index >= 15 is 0 Å². The highest BCUT2D eigenvalue weighted by Crippen LogP contribution is 2.20. The second kappa shape index (κ2) is 4.24. The molecule has 0 spiro atoms. The van der Waals surface area contributed by atoms with Crippen molar-refractivity contribution in [3.63, 3.8) is 0 Å². The van der Waals surface area contributed by atoms with Crippen molar-refractivity contribution in [2.24, 2.45) is 0 Å². The third-order valence-corrected chi connectivity index (χ3v) is 2.33. The number of para-hydroxylation sites is 1. The molecular weight excluding hydrogens is 206 g/mol. The molecule has 1 aromatic heterocycles. The Morgan fingerprint density at radius 3 is 3.00 bits per heavy atom. The molecule has 0 bridgehead atoms. The first kappa shape index (κ1) is 10.5. The lowest BCUT2D eigenvalue weighted by Gasteiger charge is -1.99. The number of benzene rings is 1. The number of nitrogens with one attached hydrogen (secondary N) is 2. The molecule has 0 fully saturated rings. The summed E-state index contributed by atoms with van der Waals surface area (Å²) in [5.41, 5.74) is 7.58. The molecule has 1 aromatic carbocycles. The number of hydrogen-bond acceptors (Lipinski definition) is 3. The minimum Gasteiger partial charge on any atom is -0.397 e. The molecule has 0 saturated carbocycles. The normalized spacial score (nSPS) is 10.6. The molecule has 0 unspecified atom stereocenters. The van der Waals surface area contributed by atoms with Crippen LogP contribution in [0.15, 0.2) is 24.3 Å². The number of aliphatic hydroxyl groups is 1. The van der Waals surface area contributed by atoms with Crippen molar-refractivity contribution in [1.82, 2.24) is 10.3 Å². The number of aliphatic hydroxyl groups excluding tert-OH is 1. The van der Waals surface area contributed by atoms with E-state index in [4.69, 9.17) is 10.8 Å². The third kappa shape index (κ3) is 1.85. The van der Waals surface area contributed by atoms with Gasteiger partial charge in [0.2, 0.25) is 0 Å². The fourth-order valence-corrected chi connectivity index (χ4v) is 1.57. The van der Waals surface area contributed by atoms with Crippen molar-refractivity contribution < 1.29 is 9.90 Å². The molecule has 84 valence electrons. The van der Waals surface area contributed by atoms with Crippen molar-refractivity contribution in [3.8, 4) is 0 Å². The summed E-state index contributed by atoms with van der Waals surface area (Å²) in [6, 6.07) is 7.22. The number of aromatic amines is 1. The topological polar surface area (TPSA) is 91.1 Å². The van der Waals surface area contributed by atoms with E-state index in [-0.39, 0.29) is 19.1 Å². The molecule has 0 aliphatic rings. The molecule has 1 heterocycles. The number of amides is 1. The van der Waals surface area contributed by atoms with Gasteiger partial charge in [-0.1, -0.05) is 12.1 Å². The Labute approximate surface area is 92.3 Å². The van der Waals surface area contributed by atoms with Gasteiger partial charge in [-0.3, -0.25) is 4.79 Å². The first-order valence-electron chi connectivity index (χ1n) is 4.98. The largest absolute Gasteiger partial charge is 0.397 e. The Morgan fingerprint density at radius 1 is 1.50 bits per heavy atom. The van der Waals surface area contributed by atoms with E-state index in [9.17, 15) is 4.79 Å². The number of carbonyl (C=O) groups is 1. The van der Waals surface area contributed by atoms with Gasteiger partial charge in [-0.05, 0) is 12.1 Å². The van der Waals surface area contributed by atoms with Crippen LogP contribution in [-0.4, -0.2) is 29.1 Å². The molecule has 2 rings (SSSR count). The van der Waals surface area contributed by atoms with Gasteiger partial charge in [0.1, 0.15) is 5.69 Å². The van der Waals surface area contributed by atoms with Crippen LogP contribution in [0.4, 0.5) is 5.69 Å². The maximum absolute atomic E-state index is 11.6. The Kier molecular flexibility index (Phi) is 2.78. The minimum atomic E-state index is -0.246. The molecule has 0 radical (unpaired) electrons. The van der Waals surface area contributed by atoms with Gasteiger partial charge in [0.15, 0.2) is 0 Å². The number of nitrogen functional groups attached to an aromatic ring is 1. The summed E-state index contributed by atoms with van der Waals surface area (Å²) < 4.78 is 0. The molecule has 0 saturated heterocycles. The first-order valence-corrected chi connectivity index (χ1v) is 4.98. The number of anilines is 1. The second-order valence-electron chi connectivity index (χ2n) is 3.47. The summed E-state index contributed by atoms with van der Waals surface area (Å²) in [5.74, 6) is -0.246. The van der Waals surface area contributed by atoms with E-state index in [1.54, 1.807) is 12.1 Å². The number of carbonyl (C=O) groups excluding carboxylic acids is 1. The monoisotopic (exact) mass is 219 g/mol. The number of rotatable bonds is 3. The van der Waals surface area contributed by atoms with E-state index < -0.39 is 0 Å². The van der Waals surface area contributed by atoms with Crippen LogP contribution in [0.2, 0.25) is 0 Å². The van der Waals surface area contributed by atoms with Crippen LogP contribution in [0.25, 0.3) is 10.9 Å². The third-order valence-electron chi connectivity index (χ3n) is 2.33. The molecule has 1 amide bonds. The van der Waals surface area contributed by atoms with Gasteiger partial charge in [0.05, 0.1) is 17.8 Å². The fraction of sp³-hybridized carbons (Fsp3) is 0.182. The average Bonchev–Trinajstić information content (AvgIpc) is 2.71. The zero-order valence-corrected chi connectivity index (χ0v) is 8.66. The van der Waals surface area contributed by atoms with Crippen molar-refractivity contribution in [3.05, 3.63) is 30.0 Å². The highest BCUT2D eigenvalue weighted by atomic mass is 16.3. The van der Waals surface area contributed by atoms with Crippen molar-refractivity contribution in [2.45, 2.75) is 0 Å². The molecule has 0 aliphatic heterocycles. The second-order valence-corrected chi connectivity index (χ2v) is 3.47. The summed E-state index contributed by atoms with van der Waals surface area (Å²) in [7, 11) is 0. The van der Waals surface area contributed by atoms with E-state index in [1.165, 1.54) is 0 Å². The zero-order valence-electron chi connectivity index (χ0n) is 8.66. The standard InChI is InChI=1S/C11H13N3O2/c12-8-3-1-2-7-6-9(14-10(7)8)11(16)13-4-5-15/h1-3,6,14-15H,4-5,12H2,(H,13,16). The van der Waals surface area contributed by atoms with Crippen LogP contribution in [0.3, 0.4) is 0 Å². The highest BCUT2D eigenvalue weighted by Gasteiger charge is 2.09. The van der Waals surface area contributed by atoms with Crippen LogP contribution >= 0.6 is 0 Å². The van der Waals surface area contributed by atoms with E-state index in [0.29, 0.717) is 11.4 Å². The fourth-order valence-electron chi connectivity index (χ4n) is 1.57. The Bertz CT molecular complexity index is 519.